The summed E-state index contributed by atoms with van der Waals surface area (Å²) in [5.41, 5.74) is 4.20. The van der Waals surface area contributed by atoms with Crippen LogP contribution in [0, 0.1) is 13.8 Å². The zero-order chi connectivity index (χ0) is 37.1. The van der Waals surface area contributed by atoms with E-state index in [1.807, 2.05) is 77.6 Å². The summed E-state index contributed by atoms with van der Waals surface area (Å²) in [5.74, 6) is 4.31. The van der Waals surface area contributed by atoms with Gasteiger partial charge in [-0.25, -0.2) is 19.9 Å². The maximum Gasteiger partial charge on any atom is 0.416 e. The second-order valence-corrected chi connectivity index (χ2v) is 12.0. The summed E-state index contributed by atoms with van der Waals surface area (Å²) in [6, 6.07) is 29.3. The number of fused-ring (bicyclic) bond motifs is 2. The summed E-state index contributed by atoms with van der Waals surface area (Å²) in [7, 11) is 1.59. The number of aryl methyl sites for hydroxylation is 2. The number of anilines is 4. The molecule has 2 N–H and O–H groups in total. The molecular formula is C38H30ClF3N10O. The minimum absolute atomic E-state index is 0.429. The number of para-hydroxylation sites is 4. The molecule has 0 fully saturated rings. The Kier molecular flexibility index (Phi) is 9.61. The first-order valence-electron chi connectivity index (χ1n) is 16.2. The van der Waals surface area contributed by atoms with Gasteiger partial charge in [-0.2, -0.15) is 23.1 Å². The third-order valence-electron chi connectivity index (χ3n) is 8.05. The fraction of sp³-hybridized carbons (Fsp3) is 0.105. The second-order valence-electron chi connectivity index (χ2n) is 11.6. The molecule has 0 bridgehead atoms. The summed E-state index contributed by atoms with van der Waals surface area (Å²) in [6.45, 7) is 3.80. The zero-order valence-corrected chi connectivity index (χ0v) is 29.2. The van der Waals surface area contributed by atoms with Crippen LogP contribution in [0.3, 0.4) is 0 Å². The molecule has 8 aromatic rings. The van der Waals surface area contributed by atoms with Crippen LogP contribution in [0.2, 0.25) is 5.02 Å². The molecule has 0 radical (unpaired) electrons. The molecule has 4 heterocycles. The Balaban J connectivity index is 0.000000164. The van der Waals surface area contributed by atoms with Crippen LogP contribution in [0.25, 0.3) is 34.0 Å². The summed E-state index contributed by atoms with van der Waals surface area (Å²) in [6.07, 6.45) is -1.06. The average molecular weight is 735 g/mol. The molecule has 266 valence electrons. The normalized spacial score (nSPS) is 11.3. The van der Waals surface area contributed by atoms with Gasteiger partial charge in [0.1, 0.15) is 29.0 Å². The molecule has 15 heteroatoms. The number of nitrogens with one attached hydrogen (secondary N) is 2. The van der Waals surface area contributed by atoms with Gasteiger partial charge in [0.05, 0.1) is 39.8 Å². The molecule has 0 saturated carbocycles. The van der Waals surface area contributed by atoms with E-state index in [2.05, 4.69) is 40.5 Å². The number of nitrogens with zero attached hydrogens (tertiary/aromatic N) is 8. The first-order valence-corrected chi connectivity index (χ1v) is 16.5. The summed E-state index contributed by atoms with van der Waals surface area (Å²) < 4.78 is 47.0. The van der Waals surface area contributed by atoms with E-state index in [1.165, 1.54) is 12.1 Å². The SMILES string of the molecule is COc1ccc(Nc2ccnc(-n3c(C)nc4ccccc43)n2)cc1Cl.Cc1nc2ccccc2n1-c1nccc(Nc2ccc(C(F)(F)F)cc2)n1. The number of imidazole rings is 2. The monoisotopic (exact) mass is 734 g/mol. The fourth-order valence-corrected chi connectivity index (χ4v) is 5.89. The Morgan fingerprint density at radius 1 is 0.623 bits per heavy atom. The van der Waals surface area contributed by atoms with Crippen molar-refractivity contribution < 1.29 is 17.9 Å². The number of hydrogen-bond acceptors (Lipinski definition) is 9. The van der Waals surface area contributed by atoms with Gasteiger partial charge in [0.25, 0.3) is 0 Å². The molecule has 0 unspecified atom stereocenters. The molecular weight excluding hydrogens is 705 g/mol. The van der Waals surface area contributed by atoms with Crippen molar-refractivity contribution in [2.45, 2.75) is 20.0 Å². The van der Waals surface area contributed by atoms with Gasteiger partial charge in [-0.15, -0.1) is 0 Å². The molecule has 8 rings (SSSR count). The molecule has 0 spiro atoms. The van der Waals surface area contributed by atoms with E-state index in [0.29, 0.717) is 40.0 Å². The van der Waals surface area contributed by atoms with Crippen molar-refractivity contribution in [1.29, 1.82) is 0 Å². The van der Waals surface area contributed by atoms with Gasteiger partial charge in [0.2, 0.25) is 11.9 Å². The lowest BCUT2D eigenvalue weighted by Crippen LogP contribution is -2.06. The predicted molar refractivity (Wildman–Crippen MR) is 199 cm³/mol. The van der Waals surface area contributed by atoms with Crippen molar-refractivity contribution in [2.24, 2.45) is 0 Å². The number of alkyl halides is 3. The van der Waals surface area contributed by atoms with Gasteiger partial charge >= 0.3 is 6.18 Å². The quantitative estimate of drug-likeness (QED) is 0.165. The maximum absolute atomic E-state index is 12.7. The van der Waals surface area contributed by atoms with Crippen molar-refractivity contribution in [3.8, 4) is 17.6 Å². The molecule has 0 atom stereocenters. The van der Waals surface area contributed by atoms with Crippen molar-refractivity contribution in [1.82, 2.24) is 39.0 Å². The van der Waals surface area contributed by atoms with E-state index < -0.39 is 11.7 Å². The minimum atomic E-state index is -4.36. The average Bonchev–Trinajstić information content (AvgIpc) is 3.67. The van der Waals surface area contributed by atoms with Crippen LogP contribution in [0.1, 0.15) is 17.2 Å². The highest BCUT2D eigenvalue weighted by Crippen LogP contribution is 2.31. The van der Waals surface area contributed by atoms with E-state index in [-0.39, 0.29) is 0 Å². The van der Waals surface area contributed by atoms with Crippen molar-refractivity contribution in [3.05, 3.63) is 138 Å². The number of methoxy groups -OCH3 is 1. The highest BCUT2D eigenvalue weighted by Gasteiger charge is 2.30. The molecule has 0 aliphatic heterocycles. The van der Waals surface area contributed by atoms with E-state index in [9.17, 15) is 13.2 Å². The lowest BCUT2D eigenvalue weighted by atomic mass is 10.2. The van der Waals surface area contributed by atoms with Crippen LogP contribution in [0.4, 0.5) is 36.2 Å². The Morgan fingerprint density at radius 3 is 1.60 bits per heavy atom. The van der Waals surface area contributed by atoms with Gasteiger partial charge in [0.15, 0.2) is 0 Å². The lowest BCUT2D eigenvalue weighted by Gasteiger charge is -2.10. The lowest BCUT2D eigenvalue weighted by molar-refractivity contribution is -0.137. The van der Waals surface area contributed by atoms with Gasteiger partial charge in [-0.05, 0) is 92.7 Å². The molecule has 4 aromatic heterocycles. The van der Waals surface area contributed by atoms with Crippen LogP contribution < -0.4 is 15.4 Å². The number of halogens is 4. The molecule has 4 aromatic carbocycles. The highest BCUT2D eigenvalue weighted by atomic mass is 35.5. The summed E-state index contributed by atoms with van der Waals surface area (Å²) in [5, 5.41) is 6.77. The van der Waals surface area contributed by atoms with Gasteiger partial charge in [-0.1, -0.05) is 35.9 Å². The Bertz CT molecular complexity index is 2550. The van der Waals surface area contributed by atoms with Crippen LogP contribution in [0.15, 0.2) is 116 Å². The Morgan fingerprint density at radius 2 is 1.11 bits per heavy atom. The van der Waals surface area contributed by atoms with Crippen molar-refractivity contribution in [2.75, 3.05) is 17.7 Å². The topological polar surface area (TPSA) is 120 Å². The number of ether oxygens (including phenoxy) is 1. The number of hydrogen-bond donors (Lipinski definition) is 2. The molecule has 0 saturated heterocycles. The standard InChI is InChI=1S/C19H16ClN5O.C19H14F3N5/c1-12-22-15-5-3-4-6-16(15)25(12)19-21-10-9-18(24-19)23-13-7-8-17(26-2)14(20)11-13;1-12-24-15-4-2-3-5-16(15)27(12)18-23-11-10-17(26-18)25-14-8-6-13(7-9-14)19(20,21)22/h3-11H,1-2H3,(H,21,23,24);2-11H,1H3,(H,23,25,26). The maximum atomic E-state index is 12.7. The molecule has 0 amide bonds. The molecule has 11 nitrogen and oxygen atoms in total. The largest absolute Gasteiger partial charge is 0.495 e. The fourth-order valence-electron chi connectivity index (χ4n) is 5.63. The van der Waals surface area contributed by atoms with Gasteiger partial charge in [0, 0.05) is 23.8 Å². The van der Waals surface area contributed by atoms with Gasteiger partial charge < -0.3 is 15.4 Å². The number of aromatic nitrogens is 8. The van der Waals surface area contributed by atoms with Crippen LogP contribution in [0.5, 0.6) is 5.75 Å². The Labute approximate surface area is 306 Å². The van der Waals surface area contributed by atoms with Crippen molar-refractivity contribution in [3.63, 3.8) is 0 Å². The molecule has 0 aliphatic rings. The van der Waals surface area contributed by atoms with E-state index in [0.717, 1.165) is 51.5 Å². The van der Waals surface area contributed by atoms with Gasteiger partial charge in [-0.3, -0.25) is 9.13 Å². The smallest absolute Gasteiger partial charge is 0.416 e. The third-order valence-corrected chi connectivity index (χ3v) is 8.35. The zero-order valence-electron chi connectivity index (χ0n) is 28.5. The summed E-state index contributed by atoms with van der Waals surface area (Å²) in [4.78, 5) is 26.9. The predicted octanol–water partition coefficient (Wildman–Crippen LogP) is 9.42. The third kappa shape index (κ3) is 7.58. The van der Waals surface area contributed by atoms with E-state index >= 15 is 0 Å². The first kappa shape index (κ1) is 34.9. The highest BCUT2D eigenvalue weighted by molar-refractivity contribution is 6.32. The van der Waals surface area contributed by atoms with Crippen LogP contribution in [-0.2, 0) is 6.18 Å². The Hall–Kier alpha value is -6.54. The van der Waals surface area contributed by atoms with Crippen LogP contribution in [-0.4, -0.2) is 46.1 Å². The summed E-state index contributed by atoms with van der Waals surface area (Å²) >= 11 is 6.18. The molecule has 0 aliphatic carbocycles. The molecule has 53 heavy (non-hydrogen) atoms. The minimum Gasteiger partial charge on any atom is -0.495 e. The van der Waals surface area contributed by atoms with Crippen LogP contribution >= 0.6 is 11.6 Å². The van der Waals surface area contributed by atoms with E-state index in [1.54, 1.807) is 43.8 Å². The number of benzene rings is 4. The number of rotatable bonds is 7. The first-order chi connectivity index (χ1) is 25.6. The van der Waals surface area contributed by atoms with Crippen molar-refractivity contribution >= 4 is 56.7 Å². The second kappa shape index (κ2) is 14.6. The van der Waals surface area contributed by atoms with E-state index in [4.69, 9.17) is 16.3 Å².